The average Bonchev–Trinajstić information content (AvgIpc) is 2.96. The molecule has 6 nitrogen and oxygen atoms in total. The molecule has 0 saturated carbocycles. The fourth-order valence-electron chi connectivity index (χ4n) is 2.13. The predicted molar refractivity (Wildman–Crippen MR) is 92.0 cm³/mol. The third kappa shape index (κ3) is 3.62. The van der Waals surface area contributed by atoms with E-state index in [1.165, 1.54) is 0 Å². The zero-order valence-electron chi connectivity index (χ0n) is 12.4. The lowest BCUT2D eigenvalue weighted by Crippen LogP contribution is -2.24. The van der Waals surface area contributed by atoms with Crippen LogP contribution in [-0.2, 0) is 11.3 Å². The number of hydrogen-bond donors (Lipinski definition) is 1. The summed E-state index contributed by atoms with van der Waals surface area (Å²) in [6.07, 6.45) is 0. The molecule has 0 atom stereocenters. The summed E-state index contributed by atoms with van der Waals surface area (Å²) in [5.74, 6) is -0.255. The van der Waals surface area contributed by atoms with Crippen molar-refractivity contribution in [1.29, 1.82) is 0 Å². The fourth-order valence-corrected chi connectivity index (χ4v) is 2.53. The van der Waals surface area contributed by atoms with Crippen LogP contribution in [0.4, 0.5) is 0 Å². The lowest BCUT2D eigenvalue weighted by atomic mass is 10.1. The highest BCUT2D eigenvalue weighted by Crippen LogP contribution is 2.12. The molecule has 23 heavy (non-hydrogen) atoms. The molecular formula is C16H14BrN5O. The molecule has 0 unspecified atom stereocenters. The molecule has 0 aliphatic heterocycles. The Bertz CT molecular complexity index is 887. The molecule has 1 heterocycles. The third-order valence-electron chi connectivity index (χ3n) is 3.30. The van der Waals surface area contributed by atoms with Crippen molar-refractivity contribution in [3.05, 3.63) is 58.6 Å². The van der Waals surface area contributed by atoms with Crippen LogP contribution >= 0.6 is 15.9 Å². The van der Waals surface area contributed by atoms with Crippen LogP contribution in [0.15, 0.2) is 58.1 Å². The number of benzene rings is 2. The monoisotopic (exact) mass is 371 g/mol. The first kappa shape index (κ1) is 15.4. The molecule has 0 bridgehead atoms. The molecule has 1 N–H and O–H groups in total. The second-order valence-electron chi connectivity index (χ2n) is 4.98. The van der Waals surface area contributed by atoms with Gasteiger partial charge in [-0.2, -0.15) is 5.10 Å². The molecule has 116 valence electrons. The van der Waals surface area contributed by atoms with Crippen molar-refractivity contribution < 1.29 is 4.79 Å². The van der Waals surface area contributed by atoms with Gasteiger partial charge in [0.25, 0.3) is 5.91 Å². The summed E-state index contributed by atoms with van der Waals surface area (Å²) in [5.41, 5.74) is 5.78. The molecule has 0 aliphatic rings. The smallest absolute Gasteiger partial charge is 0.261 e. The summed E-state index contributed by atoms with van der Waals surface area (Å²) >= 11 is 3.41. The van der Waals surface area contributed by atoms with Crippen molar-refractivity contribution in [2.45, 2.75) is 13.5 Å². The first-order valence-corrected chi connectivity index (χ1v) is 7.80. The van der Waals surface area contributed by atoms with Crippen LogP contribution in [0.5, 0.6) is 0 Å². The van der Waals surface area contributed by atoms with Gasteiger partial charge in [0.2, 0.25) is 0 Å². The summed E-state index contributed by atoms with van der Waals surface area (Å²) < 4.78 is 2.51. The Hall–Kier alpha value is -2.54. The maximum Gasteiger partial charge on any atom is 0.261 e. The summed E-state index contributed by atoms with van der Waals surface area (Å²) in [6, 6.07) is 15.2. The summed E-state index contributed by atoms with van der Waals surface area (Å²) in [7, 11) is 0. The van der Waals surface area contributed by atoms with Crippen LogP contribution < -0.4 is 5.43 Å². The number of aromatic nitrogens is 3. The quantitative estimate of drug-likeness (QED) is 0.566. The predicted octanol–water partition coefficient (Wildman–Crippen LogP) is 2.73. The van der Waals surface area contributed by atoms with Crippen LogP contribution in [0.2, 0.25) is 0 Å². The van der Waals surface area contributed by atoms with Gasteiger partial charge in [-0.3, -0.25) is 4.79 Å². The number of carbonyl (C=O) groups excluding carboxylic acids is 1. The second-order valence-corrected chi connectivity index (χ2v) is 5.89. The third-order valence-corrected chi connectivity index (χ3v) is 3.80. The van der Waals surface area contributed by atoms with Crippen molar-refractivity contribution in [1.82, 2.24) is 20.4 Å². The summed E-state index contributed by atoms with van der Waals surface area (Å²) in [5, 5.41) is 12.1. The van der Waals surface area contributed by atoms with Gasteiger partial charge in [-0.1, -0.05) is 45.4 Å². The number of hydrazone groups is 1. The number of para-hydroxylation sites is 1. The topological polar surface area (TPSA) is 72.2 Å². The lowest BCUT2D eigenvalue weighted by Gasteiger charge is -2.04. The molecule has 0 radical (unpaired) electrons. The number of amides is 1. The van der Waals surface area contributed by atoms with Crippen LogP contribution in [0.1, 0.15) is 12.5 Å². The van der Waals surface area contributed by atoms with Gasteiger partial charge in [0.05, 0.1) is 11.2 Å². The number of rotatable bonds is 4. The number of fused-ring (bicyclic) bond motifs is 1. The molecule has 0 saturated heterocycles. The maximum atomic E-state index is 12.0. The van der Waals surface area contributed by atoms with Gasteiger partial charge in [-0.15, -0.1) is 5.10 Å². The van der Waals surface area contributed by atoms with Crippen LogP contribution in [0.25, 0.3) is 11.0 Å². The normalized spacial score (nSPS) is 11.7. The highest BCUT2D eigenvalue weighted by molar-refractivity contribution is 9.10. The van der Waals surface area contributed by atoms with Gasteiger partial charge in [0, 0.05) is 4.47 Å². The molecule has 0 aliphatic carbocycles. The minimum absolute atomic E-state index is 0.0653. The number of nitrogens with zero attached hydrogens (tertiary/aromatic N) is 4. The van der Waals surface area contributed by atoms with E-state index in [0.29, 0.717) is 0 Å². The second kappa shape index (κ2) is 6.70. The highest BCUT2D eigenvalue weighted by Gasteiger charge is 2.08. The molecule has 1 aromatic heterocycles. The maximum absolute atomic E-state index is 12.0. The van der Waals surface area contributed by atoms with Crippen molar-refractivity contribution in [2.24, 2.45) is 5.10 Å². The lowest BCUT2D eigenvalue weighted by molar-refractivity contribution is -0.121. The van der Waals surface area contributed by atoms with Gasteiger partial charge in [-0.25, -0.2) is 10.1 Å². The largest absolute Gasteiger partial charge is 0.271 e. The van der Waals surface area contributed by atoms with Crippen LogP contribution in [0, 0.1) is 0 Å². The Balaban J connectivity index is 1.69. The SMILES string of the molecule is CC(=NNC(=O)Cn1nnc2ccccc21)c1cccc(Br)c1. The van der Waals surface area contributed by atoms with E-state index in [4.69, 9.17) is 0 Å². The Morgan fingerprint density at radius 1 is 1.26 bits per heavy atom. The van der Waals surface area contributed by atoms with Crippen molar-refractivity contribution >= 4 is 38.6 Å². The Morgan fingerprint density at radius 3 is 2.91 bits per heavy atom. The summed E-state index contributed by atoms with van der Waals surface area (Å²) in [4.78, 5) is 12.0. The first-order chi connectivity index (χ1) is 11.1. The zero-order chi connectivity index (χ0) is 16.2. The van der Waals surface area contributed by atoms with Crippen molar-refractivity contribution in [3.63, 3.8) is 0 Å². The molecule has 0 fully saturated rings. The Kier molecular flexibility index (Phi) is 4.47. The Labute approximate surface area is 141 Å². The van der Waals surface area contributed by atoms with E-state index in [9.17, 15) is 4.79 Å². The molecule has 3 aromatic rings. The van der Waals surface area contributed by atoms with Gasteiger partial charge in [0.15, 0.2) is 0 Å². The Morgan fingerprint density at radius 2 is 2.09 bits per heavy atom. The number of carbonyl (C=O) groups is 1. The molecular weight excluding hydrogens is 358 g/mol. The van der Waals surface area contributed by atoms with Crippen LogP contribution in [0.3, 0.4) is 0 Å². The van der Waals surface area contributed by atoms with E-state index < -0.39 is 0 Å². The minimum atomic E-state index is -0.255. The van der Waals surface area contributed by atoms with Crippen molar-refractivity contribution in [3.8, 4) is 0 Å². The fraction of sp³-hybridized carbons (Fsp3) is 0.125. The number of hydrogen-bond acceptors (Lipinski definition) is 4. The van der Waals surface area contributed by atoms with Gasteiger partial charge >= 0.3 is 0 Å². The standard InChI is InChI=1S/C16H14BrN5O/c1-11(12-5-4-6-13(17)9-12)18-20-16(23)10-22-15-8-3-2-7-14(15)19-21-22/h2-9H,10H2,1H3,(H,20,23). The van der Waals surface area contributed by atoms with Crippen molar-refractivity contribution in [2.75, 3.05) is 0 Å². The number of halogens is 1. The zero-order valence-corrected chi connectivity index (χ0v) is 14.0. The van der Waals surface area contributed by atoms with Gasteiger partial charge in [-0.05, 0) is 36.8 Å². The molecule has 3 rings (SSSR count). The minimum Gasteiger partial charge on any atom is -0.271 e. The average molecular weight is 372 g/mol. The van der Waals surface area contributed by atoms with Gasteiger partial charge < -0.3 is 0 Å². The summed E-state index contributed by atoms with van der Waals surface area (Å²) in [6.45, 7) is 1.91. The highest BCUT2D eigenvalue weighted by atomic mass is 79.9. The molecule has 1 amide bonds. The first-order valence-electron chi connectivity index (χ1n) is 7.01. The van der Waals surface area contributed by atoms with E-state index in [0.717, 1.165) is 26.8 Å². The number of nitrogens with one attached hydrogen (secondary N) is 1. The van der Waals surface area contributed by atoms with Gasteiger partial charge in [0.1, 0.15) is 12.1 Å². The van der Waals surface area contributed by atoms with E-state index in [-0.39, 0.29) is 12.5 Å². The van der Waals surface area contributed by atoms with Crippen LogP contribution in [-0.4, -0.2) is 26.6 Å². The van der Waals surface area contributed by atoms with E-state index in [1.54, 1.807) is 4.68 Å². The molecule has 2 aromatic carbocycles. The molecule has 0 spiro atoms. The van der Waals surface area contributed by atoms with E-state index in [2.05, 4.69) is 36.8 Å². The van der Waals surface area contributed by atoms with E-state index in [1.807, 2.05) is 55.5 Å². The molecule has 7 heteroatoms. The van der Waals surface area contributed by atoms with E-state index >= 15 is 0 Å².